The number of nitrogens with zero attached hydrogens (tertiary/aromatic N) is 1. The number of hydrogen-bond acceptors (Lipinski definition) is 4. The van der Waals surface area contributed by atoms with Crippen LogP contribution in [0.5, 0.6) is 0 Å². The molecule has 0 aliphatic carbocycles. The lowest BCUT2D eigenvalue weighted by Crippen LogP contribution is -2.28. The third kappa shape index (κ3) is 4.06. The summed E-state index contributed by atoms with van der Waals surface area (Å²) in [5.41, 5.74) is 4.06. The molecule has 0 unspecified atom stereocenters. The molecule has 0 amide bonds. The minimum Gasteiger partial charge on any atom is -0.299 e. The van der Waals surface area contributed by atoms with Gasteiger partial charge in [-0.2, -0.15) is 0 Å². The fraction of sp³-hybridized carbons (Fsp3) is 0.381. The van der Waals surface area contributed by atoms with Crippen LogP contribution in [0.3, 0.4) is 0 Å². The van der Waals surface area contributed by atoms with Gasteiger partial charge in [0.25, 0.3) is 0 Å². The van der Waals surface area contributed by atoms with Crippen LogP contribution in [-0.4, -0.2) is 13.0 Å². The summed E-state index contributed by atoms with van der Waals surface area (Å²) in [6.45, 7) is 8.67. The summed E-state index contributed by atoms with van der Waals surface area (Å²) < 4.78 is 31.2. The summed E-state index contributed by atoms with van der Waals surface area (Å²) in [6.07, 6.45) is 1.49. The molecule has 0 aliphatic heterocycles. The lowest BCUT2D eigenvalue weighted by atomic mass is 10.0. The third-order valence-corrected chi connectivity index (χ3v) is 7.45. The van der Waals surface area contributed by atoms with Crippen molar-refractivity contribution >= 4 is 31.6 Å². The summed E-state index contributed by atoms with van der Waals surface area (Å²) >= 11 is 1.09. The molecule has 0 aliphatic rings. The molecule has 2 aromatic carbocycles. The molecule has 1 N–H and O–H groups in total. The first kappa shape index (κ1) is 20.8. The Hall–Kier alpha value is -1.96. The molecule has 7 heteroatoms. The quantitative estimate of drug-likeness (QED) is 0.613. The van der Waals surface area contributed by atoms with Gasteiger partial charge in [-0.05, 0) is 61.6 Å². The van der Waals surface area contributed by atoms with Crippen molar-refractivity contribution in [3.8, 4) is 0 Å². The molecular formula is C21H26N2O3S2. The van der Waals surface area contributed by atoms with Gasteiger partial charge in [0.05, 0.1) is 15.1 Å². The van der Waals surface area contributed by atoms with E-state index in [1.807, 2.05) is 45.9 Å². The summed E-state index contributed by atoms with van der Waals surface area (Å²) in [5.74, 6) is 0. The van der Waals surface area contributed by atoms with Crippen molar-refractivity contribution in [3.05, 3.63) is 62.8 Å². The van der Waals surface area contributed by atoms with Crippen LogP contribution in [0.1, 0.15) is 49.4 Å². The maximum Gasteiger partial charge on any atom is 0.308 e. The first-order chi connectivity index (χ1) is 13.3. The topological polar surface area (TPSA) is 68.2 Å². The molecular weight excluding hydrogens is 392 g/mol. The zero-order chi connectivity index (χ0) is 20.5. The van der Waals surface area contributed by atoms with Gasteiger partial charge in [-0.3, -0.25) is 9.36 Å². The lowest BCUT2D eigenvalue weighted by Gasteiger charge is -2.19. The molecule has 1 atom stereocenters. The highest BCUT2D eigenvalue weighted by Gasteiger charge is 2.22. The molecule has 3 rings (SSSR count). The van der Waals surface area contributed by atoms with Crippen LogP contribution in [0.15, 0.2) is 46.1 Å². The van der Waals surface area contributed by atoms with E-state index in [0.717, 1.165) is 34.4 Å². The van der Waals surface area contributed by atoms with E-state index in [2.05, 4.69) is 4.72 Å². The molecule has 28 heavy (non-hydrogen) atoms. The van der Waals surface area contributed by atoms with Crippen molar-refractivity contribution in [1.29, 1.82) is 0 Å². The van der Waals surface area contributed by atoms with Crippen molar-refractivity contribution in [2.24, 2.45) is 0 Å². The van der Waals surface area contributed by atoms with Crippen LogP contribution in [0.25, 0.3) is 10.2 Å². The average Bonchev–Trinajstić information content (AvgIpc) is 2.97. The molecule has 0 radical (unpaired) electrons. The molecule has 150 valence electrons. The van der Waals surface area contributed by atoms with Gasteiger partial charge in [-0.1, -0.05) is 43.4 Å². The summed E-state index contributed by atoms with van der Waals surface area (Å²) in [6, 6.07) is 10.6. The fourth-order valence-electron chi connectivity index (χ4n) is 3.27. The van der Waals surface area contributed by atoms with E-state index < -0.39 is 10.0 Å². The Morgan fingerprint density at radius 1 is 1.07 bits per heavy atom. The predicted octanol–water partition coefficient (Wildman–Crippen LogP) is 4.52. The first-order valence-electron chi connectivity index (χ1n) is 9.49. The molecule has 0 fully saturated rings. The molecule has 0 saturated heterocycles. The Morgan fingerprint density at radius 2 is 1.82 bits per heavy atom. The number of sulfonamides is 1. The second-order valence-electron chi connectivity index (χ2n) is 7.07. The van der Waals surface area contributed by atoms with E-state index >= 15 is 0 Å². The minimum atomic E-state index is -3.70. The molecule has 0 spiro atoms. The van der Waals surface area contributed by atoms with E-state index in [-0.39, 0.29) is 15.8 Å². The van der Waals surface area contributed by atoms with Gasteiger partial charge in [0.1, 0.15) is 0 Å². The van der Waals surface area contributed by atoms with Crippen molar-refractivity contribution in [2.45, 2.75) is 58.0 Å². The number of benzene rings is 2. The van der Waals surface area contributed by atoms with Gasteiger partial charge in [-0.15, -0.1) is 0 Å². The number of aryl methyl sites for hydroxylation is 3. The minimum absolute atomic E-state index is 0.0547. The highest BCUT2D eigenvalue weighted by molar-refractivity contribution is 7.89. The number of aromatic nitrogens is 1. The maximum atomic E-state index is 13.0. The molecule has 3 aromatic rings. The molecule has 5 nitrogen and oxygen atoms in total. The largest absolute Gasteiger partial charge is 0.308 e. The summed E-state index contributed by atoms with van der Waals surface area (Å²) in [5, 5.41) is 0. The van der Waals surface area contributed by atoms with Gasteiger partial charge >= 0.3 is 4.87 Å². The van der Waals surface area contributed by atoms with E-state index in [1.54, 1.807) is 22.8 Å². The van der Waals surface area contributed by atoms with Crippen LogP contribution in [0.4, 0.5) is 0 Å². The predicted molar refractivity (Wildman–Crippen MR) is 116 cm³/mol. The smallest absolute Gasteiger partial charge is 0.299 e. The molecule has 1 heterocycles. The van der Waals surface area contributed by atoms with Crippen LogP contribution in [-0.2, 0) is 16.6 Å². The fourth-order valence-corrected chi connectivity index (χ4v) is 5.64. The second-order valence-corrected chi connectivity index (χ2v) is 9.78. The first-order valence-corrected chi connectivity index (χ1v) is 11.8. The second kappa shape index (κ2) is 8.19. The Kier molecular flexibility index (Phi) is 6.07. The van der Waals surface area contributed by atoms with Crippen LogP contribution in [0, 0.1) is 13.8 Å². The number of hydrogen-bond donors (Lipinski definition) is 1. The number of thiazole rings is 1. The average molecular weight is 419 g/mol. The van der Waals surface area contributed by atoms with Crippen LogP contribution < -0.4 is 9.60 Å². The van der Waals surface area contributed by atoms with Gasteiger partial charge in [0.15, 0.2) is 0 Å². The Bertz CT molecular complexity index is 1160. The standard InChI is InChI=1S/C21H26N2O3S2/c1-5-11-23-19-10-9-17(13-20(19)27-21(23)24)28(25,26)22-18(6-2)16-8-7-14(3)15(4)12-16/h7-10,12-13,18,22H,5-6,11H2,1-4H3/t18-/m0/s1. The van der Waals surface area contributed by atoms with Gasteiger partial charge in [0, 0.05) is 12.6 Å². The highest BCUT2D eigenvalue weighted by atomic mass is 32.2. The Morgan fingerprint density at radius 3 is 2.46 bits per heavy atom. The summed E-state index contributed by atoms with van der Waals surface area (Å²) in [7, 11) is -3.70. The van der Waals surface area contributed by atoms with Crippen LogP contribution in [0.2, 0.25) is 0 Å². The highest BCUT2D eigenvalue weighted by Crippen LogP contribution is 2.25. The molecule has 1 aromatic heterocycles. The molecule has 0 saturated carbocycles. The number of fused-ring (bicyclic) bond motifs is 1. The van der Waals surface area contributed by atoms with Gasteiger partial charge < -0.3 is 0 Å². The van der Waals surface area contributed by atoms with Crippen LogP contribution >= 0.6 is 11.3 Å². The maximum absolute atomic E-state index is 13.0. The SMILES string of the molecule is CCCn1c(=O)sc2cc(S(=O)(=O)N[C@@H](CC)c3ccc(C)c(C)c3)ccc21. The zero-order valence-corrected chi connectivity index (χ0v) is 18.3. The monoisotopic (exact) mass is 418 g/mol. The van der Waals surface area contributed by atoms with Gasteiger partial charge in [-0.25, -0.2) is 13.1 Å². The Balaban J connectivity index is 1.95. The third-order valence-electron chi connectivity index (χ3n) is 5.04. The summed E-state index contributed by atoms with van der Waals surface area (Å²) in [4.78, 5) is 12.3. The van der Waals surface area contributed by atoms with E-state index in [1.165, 1.54) is 5.56 Å². The van der Waals surface area contributed by atoms with E-state index in [0.29, 0.717) is 17.7 Å². The molecule has 0 bridgehead atoms. The van der Waals surface area contributed by atoms with E-state index in [4.69, 9.17) is 0 Å². The van der Waals surface area contributed by atoms with Gasteiger partial charge in [0.2, 0.25) is 10.0 Å². The zero-order valence-electron chi connectivity index (χ0n) is 16.7. The van der Waals surface area contributed by atoms with Crippen molar-refractivity contribution < 1.29 is 8.42 Å². The Labute approximate surface area is 170 Å². The number of rotatable bonds is 7. The normalized spacial score (nSPS) is 13.1. The van der Waals surface area contributed by atoms with E-state index in [9.17, 15) is 13.2 Å². The van der Waals surface area contributed by atoms with Crippen molar-refractivity contribution in [2.75, 3.05) is 0 Å². The van der Waals surface area contributed by atoms with Crippen molar-refractivity contribution in [1.82, 2.24) is 9.29 Å². The number of nitrogens with one attached hydrogen (secondary N) is 1. The lowest BCUT2D eigenvalue weighted by molar-refractivity contribution is 0.550. The van der Waals surface area contributed by atoms with Crippen molar-refractivity contribution in [3.63, 3.8) is 0 Å².